The van der Waals surface area contributed by atoms with E-state index in [1.807, 2.05) is 77.8 Å². The molecule has 4 atom stereocenters. The lowest BCUT2D eigenvalue weighted by Gasteiger charge is -2.26. The molecule has 34 heteroatoms. The van der Waals surface area contributed by atoms with Crippen LogP contribution in [0.25, 0.3) is 0 Å². The number of aromatic nitrogens is 1. The van der Waals surface area contributed by atoms with Gasteiger partial charge in [-0.05, 0) is 118 Å². The number of ether oxygens (including phenoxy) is 4. The van der Waals surface area contributed by atoms with E-state index < -0.39 is 69.9 Å². The van der Waals surface area contributed by atoms with Crippen LogP contribution in [-0.4, -0.2) is 173 Å². The van der Waals surface area contributed by atoms with E-state index in [9.17, 15) is 57.5 Å². The van der Waals surface area contributed by atoms with Crippen LogP contribution in [0.5, 0.6) is 23.0 Å². The van der Waals surface area contributed by atoms with Gasteiger partial charge in [-0.2, -0.15) is 16.6 Å². The highest BCUT2D eigenvalue weighted by Crippen LogP contribution is 2.34. The minimum atomic E-state index is -1.64. The van der Waals surface area contributed by atoms with Gasteiger partial charge in [-0.3, -0.25) is 59.6 Å². The number of urea groups is 4. The second kappa shape index (κ2) is 32.7. The topological polar surface area (TPSA) is 388 Å². The Hall–Kier alpha value is -14.0. The smallest absolute Gasteiger partial charge is 0.323 e. The lowest BCUT2D eigenvalue weighted by atomic mass is 9.99. The highest BCUT2D eigenvalue weighted by atomic mass is 35.5. The van der Waals surface area contributed by atoms with Gasteiger partial charge in [-0.15, -0.1) is 22.7 Å². The summed E-state index contributed by atoms with van der Waals surface area (Å²) in [6.07, 6.45) is 0. The van der Waals surface area contributed by atoms with Crippen molar-refractivity contribution in [3.8, 4) is 76.4 Å². The van der Waals surface area contributed by atoms with Crippen LogP contribution < -0.4 is 61.5 Å². The molecule has 0 saturated carbocycles. The minimum absolute atomic E-state index is 0.0429. The summed E-state index contributed by atoms with van der Waals surface area (Å²) in [5, 5.41) is 36.9. The van der Waals surface area contributed by atoms with E-state index in [4.69, 9.17) is 35.8 Å². The Balaban J connectivity index is 0.000000134. The van der Waals surface area contributed by atoms with Crippen molar-refractivity contribution in [2.75, 3.05) is 54.6 Å². The summed E-state index contributed by atoms with van der Waals surface area (Å²) in [7, 11) is 6.11. The number of carbonyl (C=O) groups is 12. The molecule has 0 aliphatic carbocycles. The zero-order valence-corrected chi connectivity index (χ0v) is 65.0. The lowest BCUT2D eigenvalue weighted by molar-refractivity contribution is -0.123. The second-order valence-corrected chi connectivity index (χ2v) is 30.1. The summed E-state index contributed by atoms with van der Waals surface area (Å²) in [6.45, 7) is 5.01. The zero-order valence-electron chi connectivity index (χ0n) is 61.8. The number of amides is 16. The molecule has 16 amide bonds. The maximum atomic E-state index is 12.9. The molecule has 0 unspecified atom stereocenters. The summed E-state index contributed by atoms with van der Waals surface area (Å²) in [5.41, 5.74) is 1.16. The molecular formula is C81H65ClN14O16S3. The number of imide groups is 4. The Bertz CT molecular complexity index is 5600. The Kier molecular flexibility index (Phi) is 22.5. The molecule has 8 aliphatic heterocycles. The first-order chi connectivity index (χ1) is 55.1. The fourth-order valence-electron chi connectivity index (χ4n) is 13.2. The minimum Gasteiger partial charge on any atom is -0.497 e. The molecule has 30 nitrogen and oxygen atoms in total. The average Bonchev–Trinajstić information content (AvgIpc) is 1.64. The van der Waals surface area contributed by atoms with Gasteiger partial charge in [-0.1, -0.05) is 97.2 Å². The van der Waals surface area contributed by atoms with Gasteiger partial charge < -0.3 is 59.8 Å². The molecule has 3 aromatic heterocycles. The van der Waals surface area contributed by atoms with Crippen LogP contribution in [0.2, 0.25) is 5.02 Å². The standard InChI is InChI=1S/C22H15ClN4O4.C21H20N4O4S.2C19H15N3O4S/c1-31-17-3-2-15-11-27(19(28)18(15)9-17)12-22(20(29)25-21(30)26-22)5-4-13-6-14(10-24)8-16(23)7-13;1-12(2)17-22-14(10-30-17)6-7-21(19(27)23-20(28)24-21)11-25-9-13-4-5-15(29-3)8-16(13)18(25)26;1-26-14-3-2-13-9-22(16(23)15(13)8-14)11-19(17(24)20-18(25)21-19)6-4-12-5-7-27-10-12;1-26-13-5-4-12-10-22(16(23)15(12)9-13)11-19(17(24)20-18(25)21-19)7-6-14-3-2-8-27-14/h2-3,6-9H,11-12H2,1H3,(H2,25,26,29,30);4-5,8,10,12H,9,11H2,1-3H3,(H2,23,24,27,28);2-3,5,7-8,10H,9,11H2,1H3,(H2,20,21,24,25);2-5,8-9H,10-11H2,1H3,(H2,20,21,24,25)/t22-;21-;2*19-/m1111/s1. The molecule has 5 aromatic carbocycles. The number of thiophene rings is 2. The summed E-state index contributed by atoms with van der Waals surface area (Å²) >= 11 is 10.4. The van der Waals surface area contributed by atoms with E-state index in [0.717, 1.165) is 37.7 Å². The van der Waals surface area contributed by atoms with Gasteiger partial charge in [0.1, 0.15) is 28.7 Å². The number of rotatable bonds is 13. The highest BCUT2D eigenvalue weighted by molar-refractivity contribution is 7.10. The van der Waals surface area contributed by atoms with Gasteiger partial charge in [0.05, 0.1) is 76.1 Å². The molecule has 580 valence electrons. The maximum absolute atomic E-state index is 12.9. The van der Waals surface area contributed by atoms with E-state index in [1.54, 1.807) is 60.7 Å². The van der Waals surface area contributed by atoms with Crippen molar-refractivity contribution in [3.63, 3.8) is 0 Å². The SMILES string of the molecule is COc1ccc2c(c1)C(=O)N(C[C@@]1(C#Cc3cc(Cl)cc(C#N)c3)NC(=O)NC1=O)C2.COc1ccc2c(c1)C(=O)N(C[C@@]1(C#Cc3cccs3)NC(=O)NC1=O)C2.COc1ccc2c(c1)C(=O)N(C[C@@]1(C#Cc3ccsc3)NC(=O)NC1=O)C2.COc1ccc2c(c1)C(=O)N(C[C@@]1(C#Cc3csc(C(C)C)n3)NC(=O)NC1=O)C2. The van der Waals surface area contributed by atoms with Crippen LogP contribution in [0.15, 0.2) is 131 Å². The van der Waals surface area contributed by atoms with Crippen molar-refractivity contribution in [1.82, 2.24) is 67.1 Å². The van der Waals surface area contributed by atoms with Gasteiger partial charge in [0, 0.05) is 81.3 Å². The number of thiazole rings is 1. The highest BCUT2D eigenvalue weighted by Gasteiger charge is 2.52. The molecule has 8 aliphatic rings. The normalized spacial score (nSPS) is 20.1. The Morgan fingerprint density at radius 1 is 0.443 bits per heavy atom. The van der Waals surface area contributed by atoms with Crippen molar-refractivity contribution in [2.45, 2.75) is 68.1 Å². The summed E-state index contributed by atoms with van der Waals surface area (Å²) in [6, 6.07) is 30.5. The molecule has 0 bridgehead atoms. The Labute approximate surface area is 673 Å². The monoisotopic (exact) mass is 1620 g/mol. The predicted molar refractivity (Wildman–Crippen MR) is 417 cm³/mol. The third-order valence-electron chi connectivity index (χ3n) is 19.0. The molecule has 0 spiro atoms. The van der Waals surface area contributed by atoms with Gasteiger partial charge in [0.2, 0.25) is 22.2 Å². The van der Waals surface area contributed by atoms with Gasteiger partial charge in [0.25, 0.3) is 47.3 Å². The molecular weight excluding hydrogens is 1560 g/mol. The number of benzene rings is 5. The van der Waals surface area contributed by atoms with Crippen molar-refractivity contribution in [1.29, 1.82) is 5.26 Å². The molecule has 0 radical (unpaired) electrons. The van der Waals surface area contributed by atoms with Crippen LogP contribution in [0, 0.1) is 58.7 Å². The molecule has 8 aromatic rings. The molecule has 115 heavy (non-hydrogen) atoms. The first-order valence-electron chi connectivity index (χ1n) is 34.9. The summed E-state index contributed by atoms with van der Waals surface area (Å²) in [4.78, 5) is 160. The average molecular weight is 1620 g/mol. The van der Waals surface area contributed by atoms with Crippen molar-refractivity contribution < 1.29 is 76.5 Å². The maximum Gasteiger partial charge on any atom is 0.323 e. The third kappa shape index (κ3) is 16.8. The van der Waals surface area contributed by atoms with E-state index in [0.29, 0.717) is 86.7 Å². The van der Waals surface area contributed by atoms with E-state index in [-0.39, 0.29) is 62.3 Å². The summed E-state index contributed by atoms with van der Waals surface area (Å²) in [5.74, 6) is 22.2. The molecule has 16 rings (SSSR count). The number of hydrogen-bond acceptors (Lipinski definition) is 21. The number of hydrogen-bond donors (Lipinski definition) is 8. The molecule has 8 N–H and O–H groups in total. The largest absolute Gasteiger partial charge is 0.497 e. The predicted octanol–water partition coefficient (Wildman–Crippen LogP) is 6.35. The van der Waals surface area contributed by atoms with Crippen LogP contribution >= 0.6 is 45.6 Å². The molecule has 11 heterocycles. The Morgan fingerprint density at radius 3 is 1.12 bits per heavy atom. The van der Waals surface area contributed by atoms with Gasteiger partial charge in [-0.25, -0.2) is 24.2 Å². The Morgan fingerprint density at radius 2 is 0.809 bits per heavy atom. The number of fused-ring (bicyclic) bond motifs is 4. The van der Waals surface area contributed by atoms with Gasteiger partial charge >= 0.3 is 24.1 Å². The fraction of sp³-hybridized carbons (Fsp3) is 0.235. The number of carbonyl (C=O) groups excluding carboxylic acids is 12. The van der Waals surface area contributed by atoms with Crippen molar-refractivity contribution in [3.05, 3.63) is 213 Å². The van der Waals surface area contributed by atoms with Gasteiger partial charge in [0.15, 0.2) is 0 Å². The fourth-order valence-corrected chi connectivity index (χ4v) is 15.3. The summed E-state index contributed by atoms with van der Waals surface area (Å²) < 4.78 is 20.7. The zero-order chi connectivity index (χ0) is 81.7. The first-order valence-corrected chi connectivity index (χ1v) is 38.0. The number of halogens is 1. The van der Waals surface area contributed by atoms with Crippen LogP contribution in [0.4, 0.5) is 19.2 Å². The van der Waals surface area contributed by atoms with E-state index >= 15 is 0 Å². The molecule has 4 fully saturated rings. The van der Waals surface area contributed by atoms with E-state index in [1.165, 1.54) is 94.2 Å². The van der Waals surface area contributed by atoms with Crippen LogP contribution in [-0.2, 0) is 45.4 Å². The quantitative estimate of drug-likeness (QED) is 0.0460. The van der Waals surface area contributed by atoms with Crippen LogP contribution in [0.1, 0.15) is 116 Å². The number of nitrogens with one attached hydrogen (secondary N) is 8. The van der Waals surface area contributed by atoms with E-state index in [2.05, 4.69) is 94.9 Å². The lowest BCUT2D eigenvalue weighted by Crippen LogP contribution is -2.54. The number of nitrogens with zero attached hydrogens (tertiary/aromatic N) is 6. The van der Waals surface area contributed by atoms with Crippen molar-refractivity contribution in [2.24, 2.45) is 0 Å². The second-order valence-electron chi connectivity index (χ2n) is 27.0. The molecule has 4 saturated heterocycles. The number of nitriles is 1. The number of methoxy groups -OCH3 is 4. The first kappa shape index (κ1) is 79.1. The van der Waals surface area contributed by atoms with Crippen LogP contribution in [0.3, 0.4) is 0 Å². The van der Waals surface area contributed by atoms with Crippen molar-refractivity contribution >= 4 is 117 Å². The third-order valence-corrected chi connectivity index (χ3v) is 21.8.